The molecule has 2 rings (SSSR count). The fourth-order valence-electron chi connectivity index (χ4n) is 1.55. The van der Waals surface area contributed by atoms with Crippen LogP contribution in [-0.2, 0) is 4.79 Å². The molecule has 0 aliphatic carbocycles. The number of aromatic nitrogens is 2. The maximum Gasteiger partial charge on any atom is 0.239 e. The monoisotopic (exact) mass is 221 g/mol. The summed E-state index contributed by atoms with van der Waals surface area (Å²) in [6.07, 6.45) is 1.71. The number of carbonyl (C=O) groups excluding carboxylic acids is 1. The van der Waals surface area contributed by atoms with E-state index in [9.17, 15) is 4.79 Å². The molecule has 86 valence electrons. The number of hydrogen-bond acceptors (Lipinski definition) is 5. The fourth-order valence-corrected chi connectivity index (χ4v) is 1.55. The molecule has 1 saturated heterocycles. The molecule has 16 heavy (non-hydrogen) atoms. The molecular formula is C10H15N5O. The van der Waals surface area contributed by atoms with Gasteiger partial charge in [0.05, 0.1) is 6.54 Å². The minimum Gasteiger partial charge on any atom is -0.363 e. The lowest BCUT2D eigenvalue weighted by Gasteiger charge is -2.27. The smallest absolute Gasteiger partial charge is 0.239 e. The van der Waals surface area contributed by atoms with Gasteiger partial charge >= 0.3 is 0 Å². The molecule has 2 heterocycles. The first-order chi connectivity index (χ1) is 7.66. The first-order valence-corrected chi connectivity index (χ1v) is 5.19. The van der Waals surface area contributed by atoms with E-state index in [1.807, 2.05) is 30.0 Å². The largest absolute Gasteiger partial charge is 0.363 e. The third kappa shape index (κ3) is 2.21. The quantitative estimate of drug-likeness (QED) is 0.728. The van der Waals surface area contributed by atoms with Gasteiger partial charge in [0, 0.05) is 33.4 Å². The molecule has 0 spiro atoms. The van der Waals surface area contributed by atoms with Crippen molar-refractivity contribution in [1.29, 1.82) is 0 Å². The zero-order chi connectivity index (χ0) is 11.5. The van der Waals surface area contributed by atoms with Crippen molar-refractivity contribution < 1.29 is 4.79 Å². The summed E-state index contributed by atoms with van der Waals surface area (Å²) in [6, 6.07) is 1.84. The summed E-state index contributed by atoms with van der Waals surface area (Å²) < 4.78 is 0. The van der Waals surface area contributed by atoms with Crippen LogP contribution in [0.25, 0.3) is 0 Å². The van der Waals surface area contributed by atoms with Gasteiger partial charge in [-0.2, -0.15) is 4.98 Å². The van der Waals surface area contributed by atoms with Gasteiger partial charge in [-0.15, -0.1) is 0 Å². The molecule has 0 saturated carbocycles. The van der Waals surface area contributed by atoms with Gasteiger partial charge in [0.2, 0.25) is 11.9 Å². The molecule has 1 aromatic rings. The lowest BCUT2D eigenvalue weighted by atomic mass is 10.4. The number of amides is 1. The number of anilines is 2. The van der Waals surface area contributed by atoms with E-state index in [0.717, 1.165) is 12.4 Å². The van der Waals surface area contributed by atoms with Crippen LogP contribution >= 0.6 is 0 Å². The van der Waals surface area contributed by atoms with Crippen molar-refractivity contribution in [3.63, 3.8) is 0 Å². The summed E-state index contributed by atoms with van der Waals surface area (Å²) in [5, 5.41) is 2.77. The molecule has 0 unspecified atom stereocenters. The molecule has 1 aliphatic heterocycles. The first kappa shape index (κ1) is 10.7. The van der Waals surface area contributed by atoms with Crippen LogP contribution in [0.2, 0.25) is 0 Å². The molecule has 6 nitrogen and oxygen atoms in total. The molecule has 1 fully saturated rings. The summed E-state index contributed by atoms with van der Waals surface area (Å²) in [5.74, 6) is 1.47. The second-order valence-corrected chi connectivity index (χ2v) is 3.88. The van der Waals surface area contributed by atoms with Gasteiger partial charge in [-0.05, 0) is 6.07 Å². The van der Waals surface area contributed by atoms with Gasteiger partial charge in [0.25, 0.3) is 0 Å². The van der Waals surface area contributed by atoms with Crippen molar-refractivity contribution in [1.82, 2.24) is 15.3 Å². The van der Waals surface area contributed by atoms with Crippen molar-refractivity contribution in [3.05, 3.63) is 12.3 Å². The van der Waals surface area contributed by atoms with E-state index < -0.39 is 0 Å². The van der Waals surface area contributed by atoms with E-state index in [0.29, 0.717) is 19.0 Å². The summed E-state index contributed by atoms with van der Waals surface area (Å²) in [4.78, 5) is 23.6. The Kier molecular flexibility index (Phi) is 2.89. The van der Waals surface area contributed by atoms with E-state index in [1.165, 1.54) is 0 Å². The number of rotatable bonds is 2. The molecule has 6 heteroatoms. The van der Waals surface area contributed by atoms with E-state index in [4.69, 9.17) is 0 Å². The van der Waals surface area contributed by atoms with Gasteiger partial charge in [0.1, 0.15) is 5.82 Å². The van der Waals surface area contributed by atoms with Gasteiger partial charge in [0.15, 0.2) is 0 Å². The average Bonchev–Trinajstić information content (AvgIpc) is 2.29. The number of carbonyl (C=O) groups is 1. The Bertz CT molecular complexity index is 393. The lowest BCUT2D eigenvalue weighted by Crippen LogP contribution is -2.48. The average molecular weight is 221 g/mol. The van der Waals surface area contributed by atoms with Crippen LogP contribution in [-0.4, -0.2) is 49.6 Å². The predicted molar refractivity (Wildman–Crippen MR) is 61.6 cm³/mol. The second-order valence-electron chi connectivity index (χ2n) is 3.88. The SMILES string of the molecule is CN(C)c1ccnc(N2CCNC(=O)C2)n1. The van der Waals surface area contributed by atoms with Crippen LogP contribution in [0.3, 0.4) is 0 Å². The maximum atomic E-state index is 11.2. The highest BCUT2D eigenvalue weighted by atomic mass is 16.2. The van der Waals surface area contributed by atoms with E-state index in [-0.39, 0.29) is 5.91 Å². The summed E-state index contributed by atoms with van der Waals surface area (Å²) in [6.45, 7) is 1.73. The van der Waals surface area contributed by atoms with Crippen molar-refractivity contribution in [2.45, 2.75) is 0 Å². The Labute approximate surface area is 94.3 Å². The predicted octanol–water partition coefficient (Wildman–Crippen LogP) is -0.521. The number of piperazine rings is 1. The molecule has 0 radical (unpaired) electrons. The second kappa shape index (κ2) is 4.34. The van der Waals surface area contributed by atoms with Gasteiger partial charge < -0.3 is 15.1 Å². The van der Waals surface area contributed by atoms with Crippen molar-refractivity contribution in [3.8, 4) is 0 Å². The summed E-state index contributed by atoms with van der Waals surface area (Å²) >= 11 is 0. The summed E-state index contributed by atoms with van der Waals surface area (Å²) in [5.41, 5.74) is 0. The Morgan fingerprint density at radius 1 is 1.50 bits per heavy atom. The Morgan fingerprint density at radius 2 is 2.31 bits per heavy atom. The number of nitrogens with zero attached hydrogens (tertiary/aromatic N) is 4. The topological polar surface area (TPSA) is 61.4 Å². The molecule has 1 aromatic heterocycles. The van der Waals surface area contributed by atoms with E-state index in [1.54, 1.807) is 6.20 Å². The Hall–Kier alpha value is -1.85. The minimum atomic E-state index is 0.0186. The standard InChI is InChI=1S/C10H15N5O/c1-14(2)8-3-4-12-10(13-8)15-6-5-11-9(16)7-15/h3-4H,5-7H2,1-2H3,(H,11,16). The normalized spacial score (nSPS) is 15.9. The van der Waals surface area contributed by atoms with Crippen molar-refractivity contribution >= 4 is 17.7 Å². The Balaban J connectivity index is 2.19. The molecule has 1 amide bonds. The lowest BCUT2D eigenvalue weighted by molar-refractivity contribution is -0.120. The van der Waals surface area contributed by atoms with Crippen LogP contribution < -0.4 is 15.1 Å². The molecular weight excluding hydrogens is 206 g/mol. The van der Waals surface area contributed by atoms with Gasteiger partial charge in [-0.1, -0.05) is 0 Å². The minimum absolute atomic E-state index is 0.0186. The third-order valence-electron chi connectivity index (χ3n) is 2.41. The Morgan fingerprint density at radius 3 is 3.00 bits per heavy atom. The fraction of sp³-hybridized carbons (Fsp3) is 0.500. The highest BCUT2D eigenvalue weighted by molar-refractivity contribution is 5.81. The van der Waals surface area contributed by atoms with Crippen LogP contribution in [0, 0.1) is 0 Å². The molecule has 0 aromatic carbocycles. The maximum absolute atomic E-state index is 11.2. The molecule has 0 atom stereocenters. The van der Waals surface area contributed by atoms with Crippen LogP contribution in [0.1, 0.15) is 0 Å². The third-order valence-corrected chi connectivity index (χ3v) is 2.41. The van der Waals surface area contributed by atoms with Crippen molar-refractivity contribution in [2.24, 2.45) is 0 Å². The number of nitrogens with one attached hydrogen (secondary N) is 1. The highest BCUT2D eigenvalue weighted by Gasteiger charge is 2.18. The molecule has 0 bridgehead atoms. The van der Waals surface area contributed by atoms with Gasteiger partial charge in [-0.25, -0.2) is 4.98 Å². The van der Waals surface area contributed by atoms with Gasteiger partial charge in [-0.3, -0.25) is 4.79 Å². The van der Waals surface area contributed by atoms with Crippen molar-refractivity contribution in [2.75, 3.05) is 43.5 Å². The first-order valence-electron chi connectivity index (χ1n) is 5.19. The number of hydrogen-bond donors (Lipinski definition) is 1. The zero-order valence-electron chi connectivity index (χ0n) is 9.47. The molecule has 1 aliphatic rings. The zero-order valence-corrected chi connectivity index (χ0v) is 9.47. The van der Waals surface area contributed by atoms with E-state index >= 15 is 0 Å². The van der Waals surface area contributed by atoms with Crippen LogP contribution in [0.5, 0.6) is 0 Å². The van der Waals surface area contributed by atoms with Crippen LogP contribution in [0.4, 0.5) is 11.8 Å². The van der Waals surface area contributed by atoms with E-state index in [2.05, 4.69) is 15.3 Å². The highest BCUT2D eigenvalue weighted by Crippen LogP contribution is 2.13. The summed E-state index contributed by atoms with van der Waals surface area (Å²) in [7, 11) is 3.85. The molecule has 1 N–H and O–H groups in total. The van der Waals surface area contributed by atoms with Crippen LogP contribution in [0.15, 0.2) is 12.3 Å².